The summed E-state index contributed by atoms with van der Waals surface area (Å²) in [5.74, 6) is -4.56. The summed E-state index contributed by atoms with van der Waals surface area (Å²) < 4.78 is 73.9. The maximum Gasteiger partial charge on any atom is 0.408 e. The number of nitrogens with zero attached hydrogens (tertiary/aromatic N) is 3. The summed E-state index contributed by atoms with van der Waals surface area (Å²) in [5.41, 5.74) is -2.18. The number of carbonyl (C=O) groups is 4. The van der Waals surface area contributed by atoms with Gasteiger partial charge in [-0.15, -0.1) is 0 Å². The molecule has 3 fully saturated rings. The molecule has 332 valence electrons. The number of aryl methyl sites for hydroxylation is 1. The topological polar surface area (TPSA) is 195 Å². The van der Waals surface area contributed by atoms with Gasteiger partial charge in [0.25, 0.3) is 5.91 Å². The highest BCUT2D eigenvalue weighted by Crippen LogP contribution is 2.53. The molecular weight excluding hydrogens is 803 g/mol. The van der Waals surface area contributed by atoms with Gasteiger partial charge < -0.3 is 29.7 Å². The summed E-state index contributed by atoms with van der Waals surface area (Å²) in [6, 6.07) is 2.65. The number of benzene rings is 1. The van der Waals surface area contributed by atoms with Crippen LogP contribution in [0.4, 0.5) is 13.6 Å². The van der Waals surface area contributed by atoms with Gasteiger partial charge in [-0.2, -0.15) is 0 Å². The van der Waals surface area contributed by atoms with Crippen molar-refractivity contribution in [3.63, 3.8) is 0 Å². The standard InChI is InChI=1S/C42H60F2N6O9S/c1-10-40(7,8)60(55,56)49-37(53)42(21-26(42)33(43)44)48-34(51)31-23(3)30-22-50(31)36(52)32(39(4,5)6)47-38(54)59-41(11-2)20-24(41)15-13-12-14-16-28-35(58-30)46-29-19-25(57-9)17-18-27(29)45-28/h17-19,23-24,26,30-33H,10-16,20-22H2,1-9H3,(H,47,54)(H,48,51)(H,49,53)/t23-,24+,26+,30+,31+,32-,41+,42-/m1/s1. The summed E-state index contributed by atoms with van der Waals surface area (Å²) in [6.45, 7) is 13.1. The minimum atomic E-state index is -4.37. The van der Waals surface area contributed by atoms with Crippen LogP contribution < -0.4 is 24.8 Å². The number of fused-ring (bicyclic) bond motifs is 5. The van der Waals surface area contributed by atoms with E-state index in [0.29, 0.717) is 41.7 Å². The third-order valence-corrected chi connectivity index (χ3v) is 15.5. The molecule has 1 aromatic heterocycles. The molecule has 15 nitrogen and oxygen atoms in total. The number of halogens is 2. The molecule has 3 heterocycles. The Hall–Kier alpha value is -4.35. The molecule has 0 spiro atoms. The molecule has 2 aliphatic heterocycles. The fourth-order valence-electron chi connectivity index (χ4n) is 8.54. The molecule has 2 saturated carbocycles. The lowest BCUT2D eigenvalue weighted by Crippen LogP contribution is -2.61. The maximum atomic E-state index is 14.9. The van der Waals surface area contributed by atoms with Gasteiger partial charge in [-0.1, -0.05) is 54.4 Å². The Kier molecular flexibility index (Phi) is 12.4. The van der Waals surface area contributed by atoms with Crippen LogP contribution in [-0.2, 0) is 35.6 Å². The SMILES string of the molecule is CCC(C)(C)S(=O)(=O)NC(=O)[C@@]1(NC(=O)[C@@H]2[C@H](C)[C@@H]3CN2C(=O)[C@H](C(C)(C)C)NC(=O)O[C@@]2(CC)C[C@@H]2CCCCCc2nc4ccc(OC)cc4nc2O3)C[C@H]1C(F)F. The number of nitrogens with one attached hydrogen (secondary N) is 3. The normalized spacial score (nSPS) is 30.2. The van der Waals surface area contributed by atoms with Crippen LogP contribution in [0, 0.1) is 23.2 Å². The molecule has 8 atom stereocenters. The molecule has 0 radical (unpaired) electrons. The van der Waals surface area contributed by atoms with Crippen molar-refractivity contribution in [1.29, 1.82) is 0 Å². The molecule has 60 heavy (non-hydrogen) atoms. The Morgan fingerprint density at radius 1 is 1.07 bits per heavy atom. The molecule has 4 aliphatic rings. The zero-order valence-corrected chi connectivity index (χ0v) is 36.8. The average Bonchev–Trinajstić information content (AvgIpc) is 4.06. The molecule has 18 heteroatoms. The number of aromatic nitrogens is 2. The van der Waals surface area contributed by atoms with Crippen LogP contribution in [0.2, 0.25) is 0 Å². The van der Waals surface area contributed by atoms with Crippen LogP contribution in [0.1, 0.15) is 112 Å². The number of carbonyl (C=O) groups excluding carboxylic acids is 4. The zero-order valence-electron chi connectivity index (χ0n) is 36.0. The van der Waals surface area contributed by atoms with Crippen LogP contribution in [0.25, 0.3) is 11.0 Å². The van der Waals surface area contributed by atoms with Gasteiger partial charge in [-0.05, 0) is 76.3 Å². The second kappa shape index (κ2) is 16.5. The first kappa shape index (κ1) is 45.2. The summed E-state index contributed by atoms with van der Waals surface area (Å²) in [5, 5.41) is 5.27. The molecule has 2 aromatic rings. The van der Waals surface area contributed by atoms with Crippen molar-refractivity contribution >= 4 is 44.9 Å². The molecule has 2 bridgehead atoms. The highest BCUT2D eigenvalue weighted by molar-refractivity contribution is 7.91. The summed E-state index contributed by atoms with van der Waals surface area (Å²) in [6.07, 6.45) is -0.00942. The van der Waals surface area contributed by atoms with E-state index in [9.17, 15) is 36.4 Å². The number of rotatable bonds is 9. The van der Waals surface area contributed by atoms with E-state index in [-0.39, 0.29) is 24.8 Å². The van der Waals surface area contributed by atoms with Crippen LogP contribution >= 0.6 is 0 Å². The summed E-state index contributed by atoms with van der Waals surface area (Å²) in [7, 11) is -2.83. The molecule has 1 saturated heterocycles. The van der Waals surface area contributed by atoms with E-state index in [1.54, 1.807) is 52.8 Å². The van der Waals surface area contributed by atoms with Crippen LogP contribution in [0.5, 0.6) is 11.6 Å². The molecule has 6 rings (SSSR count). The van der Waals surface area contributed by atoms with Crippen molar-refractivity contribution in [2.24, 2.45) is 23.2 Å². The maximum absolute atomic E-state index is 14.9. The minimum absolute atomic E-state index is 0.110. The molecular formula is C42H60F2N6O9S. The van der Waals surface area contributed by atoms with Crippen molar-refractivity contribution < 1.29 is 50.6 Å². The van der Waals surface area contributed by atoms with Crippen LogP contribution in [-0.4, -0.2) is 101 Å². The van der Waals surface area contributed by atoms with Gasteiger partial charge in [0.2, 0.25) is 34.1 Å². The van der Waals surface area contributed by atoms with E-state index in [0.717, 1.165) is 25.7 Å². The number of hydrogen-bond donors (Lipinski definition) is 3. The number of methoxy groups -OCH3 is 1. The quantitative estimate of drug-likeness (QED) is 0.291. The third kappa shape index (κ3) is 8.71. The van der Waals surface area contributed by atoms with Crippen molar-refractivity contribution in [1.82, 2.24) is 30.2 Å². The number of amides is 4. The van der Waals surface area contributed by atoms with Crippen LogP contribution in [0.15, 0.2) is 18.2 Å². The number of sulfonamides is 1. The predicted molar refractivity (Wildman–Crippen MR) is 218 cm³/mol. The largest absolute Gasteiger partial charge is 0.497 e. The van der Waals surface area contributed by atoms with E-state index >= 15 is 0 Å². The lowest BCUT2D eigenvalue weighted by molar-refractivity contribution is -0.143. The van der Waals surface area contributed by atoms with Gasteiger partial charge in [0, 0.05) is 17.9 Å². The molecule has 3 N–H and O–H groups in total. The monoisotopic (exact) mass is 862 g/mol. The van der Waals surface area contributed by atoms with Gasteiger partial charge in [0.1, 0.15) is 40.8 Å². The predicted octanol–water partition coefficient (Wildman–Crippen LogP) is 5.43. The Morgan fingerprint density at radius 3 is 2.40 bits per heavy atom. The van der Waals surface area contributed by atoms with Gasteiger partial charge in [0.15, 0.2) is 0 Å². The Balaban J connectivity index is 1.40. The smallest absolute Gasteiger partial charge is 0.408 e. The lowest BCUT2D eigenvalue weighted by atomic mass is 9.85. The first-order chi connectivity index (χ1) is 28.0. The Labute approximate surface area is 350 Å². The summed E-state index contributed by atoms with van der Waals surface area (Å²) in [4.78, 5) is 67.9. The van der Waals surface area contributed by atoms with Crippen molar-refractivity contribution in [2.45, 2.75) is 154 Å². The van der Waals surface area contributed by atoms with Gasteiger partial charge in [0.05, 0.1) is 35.4 Å². The highest BCUT2D eigenvalue weighted by atomic mass is 32.2. The second-order valence-electron chi connectivity index (χ2n) is 18.7. The first-order valence-electron chi connectivity index (χ1n) is 21.0. The van der Waals surface area contributed by atoms with Crippen molar-refractivity contribution in [3.05, 3.63) is 23.9 Å². The molecule has 4 amide bonds. The third-order valence-electron chi connectivity index (χ3n) is 13.3. The second-order valence-corrected chi connectivity index (χ2v) is 21.0. The average molecular weight is 863 g/mol. The molecule has 1 aromatic carbocycles. The van der Waals surface area contributed by atoms with Crippen molar-refractivity contribution in [2.75, 3.05) is 13.7 Å². The fourth-order valence-corrected chi connectivity index (χ4v) is 9.63. The van der Waals surface area contributed by atoms with Crippen LogP contribution in [0.3, 0.4) is 0 Å². The number of hydrogen-bond acceptors (Lipinski definition) is 11. The van der Waals surface area contributed by atoms with Gasteiger partial charge >= 0.3 is 6.09 Å². The lowest BCUT2D eigenvalue weighted by Gasteiger charge is -2.36. The number of alkyl halides is 2. The molecule has 2 aliphatic carbocycles. The van der Waals surface area contributed by atoms with Crippen molar-refractivity contribution in [3.8, 4) is 11.6 Å². The van der Waals surface area contributed by atoms with E-state index in [1.807, 2.05) is 11.6 Å². The van der Waals surface area contributed by atoms with E-state index < -0.39 is 98.0 Å². The molecule has 0 unspecified atom stereocenters. The Bertz CT molecular complexity index is 2120. The zero-order chi connectivity index (χ0) is 44.2. The van der Waals surface area contributed by atoms with E-state index in [1.165, 1.54) is 25.9 Å². The number of alkyl carbamates (subject to hydrolysis) is 1. The van der Waals surface area contributed by atoms with E-state index in [4.69, 9.17) is 24.2 Å². The number of ether oxygens (including phenoxy) is 3. The Morgan fingerprint density at radius 2 is 1.78 bits per heavy atom. The fraction of sp³-hybridized carbons (Fsp3) is 0.714. The highest BCUT2D eigenvalue weighted by Gasteiger charge is 2.67. The minimum Gasteiger partial charge on any atom is -0.497 e. The summed E-state index contributed by atoms with van der Waals surface area (Å²) >= 11 is 0. The first-order valence-corrected chi connectivity index (χ1v) is 22.5. The van der Waals surface area contributed by atoms with Gasteiger partial charge in [-0.3, -0.25) is 19.1 Å². The van der Waals surface area contributed by atoms with E-state index in [2.05, 4.69) is 10.6 Å². The van der Waals surface area contributed by atoms with Gasteiger partial charge in [-0.25, -0.2) is 32.0 Å².